The van der Waals surface area contributed by atoms with E-state index in [-0.39, 0.29) is 0 Å². The van der Waals surface area contributed by atoms with E-state index in [0.29, 0.717) is 17.3 Å². The molecule has 0 aliphatic rings. The molecule has 2 N–H and O–H groups in total. The molecule has 3 aromatic heterocycles. The summed E-state index contributed by atoms with van der Waals surface area (Å²) in [5.41, 5.74) is 10.0. The van der Waals surface area contributed by atoms with Gasteiger partial charge in [0.05, 0.1) is 11.9 Å². The van der Waals surface area contributed by atoms with E-state index in [1.54, 1.807) is 23.3 Å². The van der Waals surface area contributed by atoms with Crippen LogP contribution in [0.5, 0.6) is 0 Å². The fourth-order valence-electron chi connectivity index (χ4n) is 2.03. The van der Waals surface area contributed by atoms with E-state index in [1.807, 2.05) is 32.0 Å². The van der Waals surface area contributed by atoms with Crippen molar-refractivity contribution in [2.24, 2.45) is 0 Å². The Kier molecular flexibility index (Phi) is 2.90. The zero-order valence-corrected chi connectivity index (χ0v) is 11.3. The number of hydrogen-bond acceptors (Lipinski definition) is 5. The van der Waals surface area contributed by atoms with E-state index in [2.05, 4.69) is 20.1 Å². The molecule has 0 radical (unpaired) electrons. The van der Waals surface area contributed by atoms with Gasteiger partial charge < -0.3 is 5.73 Å². The first-order chi connectivity index (χ1) is 9.63. The van der Waals surface area contributed by atoms with Gasteiger partial charge in [-0.2, -0.15) is 5.10 Å². The Labute approximate surface area is 116 Å². The molecule has 0 fully saturated rings. The van der Waals surface area contributed by atoms with Crippen LogP contribution in [0.3, 0.4) is 0 Å². The fraction of sp³-hybridized carbons (Fsp3) is 0.143. The van der Waals surface area contributed by atoms with Crippen molar-refractivity contribution in [3.05, 3.63) is 48.2 Å². The average Bonchev–Trinajstić information content (AvgIpc) is 2.81. The van der Waals surface area contributed by atoms with Crippen LogP contribution in [0.25, 0.3) is 17.2 Å². The Hall–Kier alpha value is -2.76. The molecule has 0 bridgehead atoms. The van der Waals surface area contributed by atoms with Gasteiger partial charge in [-0.25, -0.2) is 14.6 Å². The van der Waals surface area contributed by atoms with Crippen molar-refractivity contribution < 1.29 is 0 Å². The molecule has 0 spiro atoms. The second kappa shape index (κ2) is 4.73. The normalized spacial score (nSPS) is 10.7. The Morgan fingerprint density at radius 1 is 1.05 bits per heavy atom. The van der Waals surface area contributed by atoms with Gasteiger partial charge in [-0.3, -0.25) is 4.98 Å². The van der Waals surface area contributed by atoms with Gasteiger partial charge >= 0.3 is 0 Å². The highest BCUT2D eigenvalue weighted by atomic mass is 15.3. The second-order valence-corrected chi connectivity index (χ2v) is 4.56. The third-order valence-corrected chi connectivity index (χ3v) is 2.87. The molecule has 0 saturated carbocycles. The van der Waals surface area contributed by atoms with Crippen LogP contribution in [-0.4, -0.2) is 24.7 Å². The molecule has 0 aliphatic heterocycles. The number of anilines is 1. The van der Waals surface area contributed by atoms with Crippen molar-refractivity contribution in [1.29, 1.82) is 0 Å². The molecule has 0 aliphatic carbocycles. The summed E-state index contributed by atoms with van der Waals surface area (Å²) in [7, 11) is 0. The molecule has 6 nitrogen and oxygen atoms in total. The number of nitrogen functional groups attached to an aromatic ring is 1. The first-order valence-corrected chi connectivity index (χ1v) is 6.21. The number of nitrogens with two attached hydrogens (primary N) is 1. The quantitative estimate of drug-likeness (QED) is 0.766. The zero-order valence-electron chi connectivity index (χ0n) is 11.3. The van der Waals surface area contributed by atoms with E-state index in [0.717, 1.165) is 17.0 Å². The highest BCUT2D eigenvalue weighted by Crippen LogP contribution is 2.24. The summed E-state index contributed by atoms with van der Waals surface area (Å²) < 4.78 is 1.60. The monoisotopic (exact) mass is 266 g/mol. The lowest BCUT2D eigenvalue weighted by atomic mass is 10.2. The number of hydrogen-bond donors (Lipinski definition) is 1. The van der Waals surface area contributed by atoms with E-state index in [9.17, 15) is 0 Å². The number of aryl methyl sites for hydroxylation is 2. The maximum Gasteiger partial charge on any atom is 0.251 e. The van der Waals surface area contributed by atoms with Gasteiger partial charge in [0, 0.05) is 29.3 Å². The fourth-order valence-corrected chi connectivity index (χ4v) is 2.03. The zero-order chi connectivity index (χ0) is 14.1. The summed E-state index contributed by atoms with van der Waals surface area (Å²) >= 11 is 0. The Morgan fingerprint density at radius 3 is 2.35 bits per heavy atom. The lowest BCUT2D eigenvalue weighted by molar-refractivity contribution is 0.796. The summed E-state index contributed by atoms with van der Waals surface area (Å²) in [6, 6.07) is 5.65. The summed E-state index contributed by atoms with van der Waals surface area (Å²) in [5.74, 6) is 0.523. The molecule has 0 unspecified atom stereocenters. The topological polar surface area (TPSA) is 82.5 Å². The molecule has 0 amide bonds. The number of aromatic nitrogens is 5. The molecule has 0 saturated heterocycles. The molecule has 20 heavy (non-hydrogen) atoms. The summed E-state index contributed by atoms with van der Waals surface area (Å²) in [4.78, 5) is 12.7. The van der Waals surface area contributed by atoms with Crippen LogP contribution in [-0.2, 0) is 0 Å². The maximum atomic E-state index is 6.03. The third kappa shape index (κ3) is 2.23. The lowest BCUT2D eigenvalue weighted by Gasteiger charge is -2.02. The van der Waals surface area contributed by atoms with Crippen molar-refractivity contribution in [1.82, 2.24) is 24.7 Å². The Balaban J connectivity index is 2.09. The molecular weight excluding hydrogens is 252 g/mol. The second-order valence-electron chi connectivity index (χ2n) is 4.56. The van der Waals surface area contributed by atoms with E-state index in [1.165, 1.54) is 0 Å². The van der Waals surface area contributed by atoms with Crippen LogP contribution in [0.4, 0.5) is 5.69 Å². The van der Waals surface area contributed by atoms with Gasteiger partial charge in [0.1, 0.15) is 5.69 Å². The first-order valence-electron chi connectivity index (χ1n) is 6.21. The van der Waals surface area contributed by atoms with Crippen molar-refractivity contribution >= 4 is 5.69 Å². The molecule has 3 heterocycles. The molecule has 0 atom stereocenters. The largest absolute Gasteiger partial charge is 0.396 e. The van der Waals surface area contributed by atoms with E-state index < -0.39 is 0 Å². The van der Waals surface area contributed by atoms with Crippen LogP contribution in [0.2, 0.25) is 0 Å². The van der Waals surface area contributed by atoms with Crippen molar-refractivity contribution in [2.45, 2.75) is 13.8 Å². The van der Waals surface area contributed by atoms with Gasteiger partial charge in [-0.05, 0) is 32.0 Å². The van der Waals surface area contributed by atoms with Crippen molar-refractivity contribution in [3.63, 3.8) is 0 Å². The molecule has 3 aromatic rings. The highest BCUT2D eigenvalue weighted by Gasteiger charge is 2.11. The molecule has 6 heteroatoms. The van der Waals surface area contributed by atoms with Crippen molar-refractivity contribution in [3.8, 4) is 17.2 Å². The van der Waals surface area contributed by atoms with Crippen LogP contribution in [0, 0.1) is 13.8 Å². The van der Waals surface area contributed by atoms with Crippen LogP contribution in [0.1, 0.15) is 11.4 Å². The van der Waals surface area contributed by atoms with E-state index >= 15 is 0 Å². The molecule has 0 aromatic carbocycles. The predicted octanol–water partition coefficient (Wildman–Crippen LogP) is 1.92. The summed E-state index contributed by atoms with van der Waals surface area (Å²) in [5, 5.41) is 4.47. The maximum absolute atomic E-state index is 6.03. The summed E-state index contributed by atoms with van der Waals surface area (Å²) in [6.07, 6.45) is 5.15. The average molecular weight is 266 g/mol. The Bertz CT molecular complexity index is 727. The smallest absolute Gasteiger partial charge is 0.251 e. The van der Waals surface area contributed by atoms with Crippen LogP contribution in [0.15, 0.2) is 36.8 Å². The highest BCUT2D eigenvalue weighted by molar-refractivity contribution is 5.71. The minimum atomic E-state index is 0.523. The number of rotatable bonds is 2. The van der Waals surface area contributed by atoms with Crippen molar-refractivity contribution in [2.75, 3.05) is 5.73 Å². The van der Waals surface area contributed by atoms with Crippen LogP contribution < -0.4 is 5.73 Å². The van der Waals surface area contributed by atoms with E-state index in [4.69, 9.17) is 5.73 Å². The van der Waals surface area contributed by atoms with Gasteiger partial charge in [0.25, 0.3) is 5.95 Å². The molecule has 100 valence electrons. The minimum absolute atomic E-state index is 0.523. The van der Waals surface area contributed by atoms with Gasteiger partial charge in [-0.15, -0.1) is 0 Å². The lowest BCUT2D eigenvalue weighted by Crippen LogP contribution is -2.04. The van der Waals surface area contributed by atoms with Gasteiger partial charge in [0.15, 0.2) is 0 Å². The Morgan fingerprint density at radius 2 is 1.70 bits per heavy atom. The summed E-state index contributed by atoms with van der Waals surface area (Å²) in [6.45, 7) is 3.85. The third-order valence-electron chi connectivity index (χ3n) is 2.87. The number of nitrogens with zero attached hydrogens (tertiary/aromatic N) is 5. The minimum Gasteiger partial charge on any atom is -0.396 e. The number of pyridine rings is 1. The predicted molar refractivity (Wildman–Crippen MR) is 76.3 cm³/mol. The SMILES string of the molecule is Cc1cc(C)nc(-n2cc(N)c(-c3ccncc3)n2)n1. The molecular formula is C14H14N6. The molecule has 3 rings (SSSR count). The van der Waals surface area contributed by atoms with Gasteiger partial charge in [0.2, 0.25) is 0 Å². The van der Waals surface area contributed by atoms with Gasteiger partial charge in [-0.1, -0.05) is 0 Å². The first kappa shape index (κ1) is 12.3. The van der Waals surface area contributed by atoms with Crippen LogP contribution >= 0.6 is 0 Å². The standard InChI is InChI=1S/C14H14N6/c1-9-7-10(2)18-14(17-9)20-8-12(15)13(19-20)11-3-5-16-6-4-11/h3-8H,15H2,1-2H3.